The van der Waals surface area contributed by atoms with Gasteiger partial charge in [0.05, 0.1) is 11.6 Å². The van der Waals surface area contributed by atoms with Crippen LogP contribution in [0.25, 0.3) is 0 Å². The minimum atomic E-state index is -3.93. The number of likely N-dealkylation sites (N-methyl/N-ethyl adjacent to an activating group) is 1. The predicted molar refractivity (Wildman–Crippen MR) is 104 cm³/mol. The second kappa shape index (κ2) is 8.01. The lowest BCUT2D eigenvalue weighted by atomic mass is 10.3. The molecule has 2 rings (SSSR count). The number of amides is 1. The minimum absolute atomic E-state index is 0.0456. The molecular weight excluding hydrogens is 486 g/mol. The molecule has 0 saturated heterocycles. The van der Waals surface area contributed by atoms with Crippen LogP contribution in [0.3, 0.4) is 0 Å². The van der Waals surface area contributed by atoms with E-state index in [2.05, 4.69) is 27.9 Å². The number of hydrogen-bond donors (Lipinski definition) is 1. The topological polar surface area (TPSA) is 66.5 Å². The lowest BCUT2D eigenvalue weighted by Gasteiger charge is -2.18. The van der Waals surface area contributed by atoms with Crippen molar-refractivity contribution in [2.24, 2.45) is 0 Å². The van der Waals surface area contributed by atoms with Crippen molar-refractivity contribution in [2.75, 3.05) is 18.9 Å². The van der Waals surface area contributed by atoms with Crippen molar-refractivity contribution in [3.63, 3.8) is 0 Å². The third kappa shape index (κ3) is 4.82. The highest BCUT2D eigenvalue weighted by atomic mass is 127. The summed E-state index contributed by atoms with van der Waals surface area (Å²) in [5.41, 5.74) is 0.590. The molecule has 2 aromatic carbocycles. The molecule has 0 radical (unpaired) electrons. The summed E-state index contributed by atoms with van der Waals surface area (Å²) in [4.78, 5) is 11.9. The van der Waals surface area contributed by atoms with Crippen molar-refractivity contribution < 1.29 is 13.2 Å². The van der Waals surface area contributed by atoms with Crippen LogP contribution in [0.4, 0.5) is 5.69 Å². The molecule has 0 aromatic heterocycles. The standard InChI is InChI=1S/C15H13Cl2IN2O3S/c1-20(9-15(21)19-12-5-3-11(18)4-6-12)24(22,23)14-8-10(16)2-7-13(14)17/h2-8H,9H2,1H3,(H,19,21). The first-order valence-corrected chi connectivity index (χ1v) is 9.94. The van der Waals surface area contributed by atoms with Gasteiger partial charge >= 0.3 is 0 Å². The zero-order chi connectivity index (χ0) is 17.9. The van der Waals surface area contributed by atoms with Gasteiger partial charge < -0.3 is 5.32 Å². The molecule has 0 bridgehead atoms. The molecule has 5 nitrogen and oxygen atoms in total. The summed E-state index contributed by atoms with van der Waals surface area (Å²) in [5.74, 6) is -0.458. The number of rotatable bonds is 5. The summed E-state index contributed by atoms with van der Waals surface area (Å²) in [6.07, 6.45) is 0. The summed E-state index contributed by atoms with van der Waals surface area (Å²) in [6.45, 7) is -0.350. The van der Waals surface area contributed by atoms with Crippen LogP contribution in [0.5, 0.6) is 0 Å². The van der Waals surface area contributed by atoms with E-state index in [0.29, 0.717) is 5.69 Å². The zero-order valence-electron chi connectivity index (χ0n) is 12.5. The van der Waals surface area contributed by atoms with Crippen molar-refractivity contribution in [1.29, 1.82) is 0 Å². The molecule has 0 spiro atoms. The fourth-order valence-electron chi connectivity index (χ4n) is 1.86. The van der Waals surface area contributed by atoms with Crippen LogP contribution >= 0.6 is 45.8 Å². The predicted octanol–water partition coefficient (Wildman–Crippen LogP) is 3.86. The van der Waals surface area contributed by atoms with E-state index < -0.39 is 15.9 Å². The molecule has 9 heteroatoms. The normalized spacial score (nSPS) is 11.5. The van der Waals surface area contributed by atoms with Crippen LogP contribution in [0.1, 0.15) is 0 Å². The third-order valence-corrected chi connectivity index (χ3v) is 6.31. The SMILES string of the molecule is CN(CC(=O)Nc1ccc(I)cc1)S(=O)(=O)c1cc(Cl)ccc1Cl. The zero-order valence-corrected chi connectivity index (χ0v) is 16.9. The molecule has 0 fully saturated rings. The Balaban J connectivity index is 2.12. The number of anilines is 1. The summed E-state index contributed by atoms with van der Waals surface area (Å²) in [7, 11) is -2.63. The summed E-state index contributed by atoms with van der Waals surface area (Å²) in [6, 6.07) is 11.3. The molecule has 0 atom stereocenters. The molecule has 2 aromatic rings. The van der Waals surface area contributed by atoms with E-state index in [1.54, 1.807) is 12.1 Å². The van der Waals surface area contributed by atoms with Gasteiger partial charge in [-0.3, -0.25) is 4.79 Å². The van der Waals surface area contributed by atoms with Crippen LogP contribution in [0, 0.1) is 3.57 Å². The largest absolute Gasteiger partial charge is 0.325 e. The Kier molecular flexibility index (Phi) is 6.49. The van der Waals surface area contributed by atoms with E-state index in [1.165, 1.54) is 25.2 Å². The summed E-state index contributed by atoms with van der Waals surface area (Å²) in [5, 5.41) is 2.93. The quantitative estimate of drug-likeness (QED) is 0.636. The molecular formula is C15H13Cl2IN2O3S. The van der Waals surface area contributed by atoms with Gasteiger partial charge in [-0.2, -0.15) is 4.31 Å². The second-order valence-corrected chi connectivity index (χ2v) is 8.99. The maximum absolute atomic E-state index is 12.5. The van der Waals surface area contributed by atoms with Crippen molar-refractivity contribution in [3.8, 4) is 0 Å². The van der Waals surface area contributed by atoms with Crippen LogP contribution in [0.2, 0.25) is 10.0 Å². The Labute approximate surface area is 164 Å². The van der Waals surface area contributed by atoms with Gasteiger partial charge in [-0.15, -0.1) is 0 Å². The Morgan fingerprint density at radius 1 is 1.17 bits per heavy atom. The van der Waals surface area contributed by atoms with Crippen molar-refractivity contribution in [3.05, 3.63) is 56.1 Å². The molecule has 0 heterocycles. The van der Waals surface area contributed by atoms with E-state index in [1.807, 2.05) is 12.1 Å². The van der Waals surface area contributed by atoms with E-state index in [-0.39, 0.29) is 21.5 Å². The van der Waals surface area contributed by atoms with Crippen molar-refractivity contribution >= 4 is 67.4 Å². The number of halogens is 3. The van der Waals surface area contributed by atoms with E-state index in [0.717, 1.165) is 7.88 Å². The van der Waals surface area contributed by atoms with Gasteiger partial charge in [-0.1, -0.05) is 23.2 Å². The third-order valence-electron chi connectivity index (χ3n) is 3.08. The molecule has 24 heavy (non-hydrogen) atoms. The number of carbonyl (C=O) groups excluding carboxylic acids is 1. The maximum Gasteiger partial charge on any atom is 0.244 e. The van der Waals surface area contributed by atoms with Gasteiger partial charge in [0.15, 0.2) is 0 Å². The molecule has 0 aliphatic rings. The van der Waals surface area contributed by atoms with Gasteiger partial charge in [-0.05, 0) is 65.1 Å². The highest BCUT2D eigenvalue weighted by molar-refractivity contribution is 14.1. The van der Waals surface area contributed by atoms with Crippen LogP contribution < -0.4 is 5.32 Å². The molecule has 1 amide bonds. The molecule has 0 aliphatic carbocycles. The number of carbonyl (C=O) groups is 1. The number of nitrogens with one attached hydrogen (secondary N) is 1. The van der Waals surface area contributed by atoms with Gasteiger partial charge in [0.2, 0.25) is 15.9 Å². The summed E-state index contributed by atoms with van der Waals surface area (Å²) >= 11 is 13.9. The number of sulfonamides is 1. The summed E-state index contributed by atoms with van der Waals surface area (Å²) < 4.78 is 27.0. The fourth-order valence-corrected chi connectivity index (χ4v) is 4.08. The smallest absolute Gasteiger partial charge is 0.244 e. The first-order valence-electron chi connectivity index (χ1n) is 6.67. The Hall–Kier alpha value is -0.870. The molecule has 1 N–H and O–H groups in total. The van der Waals surface area contributed by atoms with Crippen LogP contribution in [0.15, 0.2) is 47.4 Å². The average Bonchev–Trinajstić information content (AvgIpc) is 2.51. The number of hydrogen-bond acceptors (Lipinski definition) is 3. The van der Waals surface area contributed by atoms with E-state index in [4.69, 9.17) is 23.2 Å². The molecule has 0 unspecified atom stereocenters. The highest BCUT2D eigenvalue weighted by Gasteiger charge is 2.25. The van der Waals surface area contributed by atoms with Gasteiger partial charge in [0.1, 0.15) is 4.90 Å². The fraction of sp³-hybridized carbons (Fsp3) is 0.133. The van der Waals surface area contributed by atoms with Crippen molar-refractivity contribution in [2.45, 2.75) is 4.90 Å². The van der Waals surface area contributed by atoms with Gasteiger partial charge in [0, 0.05) is 21.3 Å². The highest BCUT2D eigenvalue weighted by Crippen LogP contribution is 2.27. The lowest BCUT2D eigenvalue weighted by molar-refractivity contribution is -0.116. The van der Waals surface area contributed by atoms with Gasteiger partial charge in [0.25, 0.3) is 0 Å². The Morgan fingerprint density at radius 3 is 2.42 bits per heavy atom. The average molecular weight is 499 g/mol. The van der Waals surface area contributed by atoms with Crippen LogP contribution in [-0.2, 0) is 14.8 Å². The minimum Gasteiger partial charge on any atom is -0.325 e. The monoisotopic (exact) mass is 498 g/mol. The molecule has 0 saturated carbocycles. The Bertz CT molecular complexity index is 858. The maximum atomic E-state index is 12.5. The van der Waals surface area contributed by atoms with Gasteiger partial charge in [-0.25, -0.2) is 8.42 Å². The van der Waals surface area contributed by atoms with Crippen molar-refractivity contribution in [1.82, 2.24) is 4.31 Å². The number of nitrogens with zero attached hydrogens (tertiary/aromatic N) is 1. The van der Waals surface area contributed by atoms with E-state index >= 15 is 0 Å². The molecule has 128 valence electrons. The first kappa shape index (κ1) is 19.5. The molecule has 0 aliphatic heterocycles. The second-order valence-electron chi connectivity index (χ2n) is 4.89. The van der Waals surface area contributed by atoms with E-state index in [9.17, 15) is 13.2 Å². The first-order chi connectivity index (χ1) is 11.2. The number of benzene rings is 2. The lowest BCUT2D eigenvalue weighted by Crippen LogP contribution is -2.35. The Morgan fingerprint density at radius 2 is 1.79 bits per heavy atom. The van der Waals surface area contributed by atoms with Crippen LogP contribution in [-0.4, -0.2) is 32.2 Å².